The Labute approximate surface area is 132 Å². The molecule has 1 fully saturated rings. The van der Waals surface area contributed by atoms with Crippen LogP contribution in [0.3, 0.4) is 0 Å². The zero-order valence-corrected chi connectivity index (χ0v) is 13.1. The average Bonchev–Trinajstić information content (AvgIpc) is 2.85. The molecule has 0 bridgehead atoms. The summed E-state index contributed by atoms with van der Waals surface area (Å²) in [6.45, 7) is 0. The number of H-pyrrole nitrogens is 1. The first kappa shape index (κ1) is 14.6. The van der Waals surface area contributed by atoms with E-state index in [4.69, 9.17) is 11.6 Å². The number of hydrogen-bond donors (Lipinski definition) is 1. The summed E-state index contributed by atoms with van der Waals surface area (Å²) < 4.78 is 0. The van der Waals surface area contributed by atoms with Gasteiger partial charge in [-0.25, -0.2) is 4.98 Å². The van der Waals surface area contributed by atoms with Crippen LogP contribution in [0.5, 0.6) is 0 Å². The van der Waals surface area contributed by atoms with Gasteiger partial charge in [-0.2, -0.15) is 0 Å². The third-order valence-electron chi connectivity index (χ3n) is 3.58. The van der Waals surface area contributed by atoms with Gasteiger partial charge < -0.3 is 0 Å². The molecule has 1 aromatic carbocycles. The summed E-state index contributed by atoms with van der Waals surface area (Å²) in [7, 11) is 0. The quantitative estimate of drug-likeness (QED) is 0.864. The molecule has 1 aromatic heterocycles. The molecule has 1 aliphatic carbocycles. The van der Waals surface area contributed by atoms with Gasteiger partial charge in [0.05, 0.1) is 5.25 Å². The van der Waals surface area contributed by atoms with Crippen LogP contribution in [0.25, 0.3) is 11.4 Å². The average molecular weight is 322 g/mol. The summed E-state index contributed by atoms with van der Waals surface area (Å²) in [4.78, 5) is 16.5. The van der Waals surface area contributed by atoms with Crippen molar-refractivity contribution in [3.05, 3.63) is 29.3 Å². The summed E-state index contributed by atoms with van der Waals surface area (Å²) in [6.07, 6.45) is 4.88. The van der Waals surface area contributed by atoms with Gasteiger partial charge in [0.1, 0.15) is 5.78 Å². The van der Waals surface area contributed by atoms with E-state index in [2.05, 4.69) is 15.2 Å². The minimum atomic E-state index is 0.00127. The van der Waals surface area contributed by atoms with E-state index >= 15 is 0 Å². The van der Waals surface area contributed by atoms with Crippen molar-refractivity contribution in [3.8, 4) is 11.4 Å². The number of benzene rings is 1. The topological polar surface area (TPSA) is 58.6 Å². The first-order chi connectivity index (χ1) is 10.2. The van der Waals surface area contributed by atoms with Gasteiger partial charge in [0, 0.05) is 17.0 Å². The fourth-order valence-corrected chi connectivity index (χ4v) is 3.57. The Morgan fingerprint density at radius 1 is 1.19 bits per heavy atom. The lowest BCUT2D eigenvalue weighted by Crippen LogP contribution is -2.14. The maximum absolute atomic E-state index is 12.0. The molecule has 0 unspecified atom stereocenters. The van der Waals surface area contributed by atoms with E-state index in [1.165, 1.54) is 11.8 Å². The zero-order valence-electron chi connectivity index (χ0n) is 11.5. The number of Topliss-reactive ketones (excluding diaryl/α,β-unsaturated/α-hetero) is 1. The van der Waals surface area contributed by atoms with Crippen LogP contribution in [0.2, 0.25) is 5.02 Å². The van der Waals surface area contributed by atoms with Crippen molar-refractivity contribution in [2.24, 2.45) is 0 Å². The molecule has 1 N–H and O–H groups in total. The Morgan fingerprint density at radius 2 is 2.00 bits per heavy atom. The zero-order chi connectivity index (χ0) is 14.7. The number of thioether (sulfide) groups is 1. The third-order valence-corrected chi connectivity index (χ3v) is 5.01. The molecule has 110 valence electrons. The first-order valence-electron chi connectivity index (χ1n) is 7.10. The van der Waals surface area contributed by atoms with E-state index in [9.17, 15) is 4.79 Å². The van der Waals surface area contributed by atoms with Crippen LogP contribution in [0.4, 0.5) is 0 Å². The number of halogens is 1. The van der Waals surface area contributed by atoms with E-state index < -0.39 is 0 Å². The largest absolute Gasteiger partial charge is 0.298 e. The van der Waals surface area contributed by atoms with Crippen molar-refractivity contribution in [1.29, 1.82) is 0 Å². The van der Waals surface area contributed by atoms with Crippen molar-refractivity contribution < 1.29 is 4.79 Å². The molecule has 0 saturated heterocycles. The number of hydrogen-bond acceptors (Lipinski definition) is 4. The molecule has 0 spiro atoms. The normalized spacial score (nSPS) is 19.5. The van der Waals surface area contributed by atoms with Gasteiger partial charge >= 0.3 is 0 Å². The van der Waals surface area contributed by atoms with Crippen LogP contribution in [0.15, 0.2) is 29.4 Å². The highest BCUT2D eigenvalue weighted by molar-refractivity contribution is 8.00. The Balaban J connectivity index is 1.72. The number of aromatic nitrogens is 3. The van der Waals surface area contributed by atoms with Crippen molar-refractivity contribution in [2.75, 3.05) is 0 Å². The molecule has 1 aliphatic rings. The van der Waals surface area contributed by atoms with E-state index in [1.807, 2.05) is 24.3 Å². The molecule has 21 heavy (non-hydrogen) atoms. The number of rotatable bonds is 3. The van der Waals surface area contributed by atoms with E-state index in [0.29, 0.717) is 28.2 Å². The minimum Gasteiger partial charge on any atom is -0.298 e. The van der Waals surface area contributed by atoms with Crippen LogP contribution in [0.1, 0.15) is 32.1 Å². The Hall–Kier alpha value is -1.33. The Bertz CT molecular complexity index is 626. The smallest absolute Gasteiger partial charge is 0.209 e. The van der Waals surface area contributed by atoms with Gasteiger partial charge in [-0.3, -0.25) is 9.89 Å². The van der Waals surface area contributed by atoms with Crippen LogP contribution in [-0.2, 0) is 4.79 Å². The molecule has 0 radical (unpaired) electrons. The lowest BCUT2D eigenvalue weighted by molar-refractivity contribution is -0.118. The van der Waals surface area contributed by atoms with Gasteiger partial charge in [-0.05, 0) is 37.1 Å². The van der Waals surface area contributed by atoms with Crippen LogP contribution < -0.4 is 0 Å². The molecular formula is C15H16ClN3OS. The second-order valence-electron chi connectivity index (χ2n) is 5.15. The molecule has 6 heteroatoms. The maximum Gasteiger partial charge on any atom is 0.209 e. The highest BCUT2D eigenvalue weighted by atomic mass is 35.5. The summed E-state index contributed by atoms with van der Waals surface area (Å²) in [5.41, 5.74) is 0.936. The van der Waals surface area contributed by atoms with Crippen molar-refractivity contribution in [2.45, 2.75) is 42.5 Å². The molecule has 4 nitrogen and oxygen atoms in total. The minimum absolute atomic E-state index is 0.00127. The predicted octanol–water partition coefficient (Wildman–Crippen LogP) is 4.12. The van der Waals surface area contributed by atoms with Gasteiger partial charge in [0.15, 0.2) is 5.82 Å². The summed E-state index contributed by atoms with van der Waals surface area (Å²) in [6, 6.07) is 7.43. The van der Waals surface area contributed by atoms with E-state index in [-0.39, 0.29) is 5.25 Å². The second-order valence-corrected chi connectivity index (χ2v) is 6.75. The fourth-order valence-electron chi connectivity index (χ4n) is 2.42. The summed E-state index contributed by atoms with van der Waals surface area (Å²) >= 11 is 7.35. The molecular weight excluding hydrogens is 306 g/mol. The number of nitrogens with one attached hydrogen (secondary N) is 1. The monoisotopic (exact) mass is 321 g/mol. The molecule has 1 heterocycles. The molecule has 0 amide bonds. The van der Waals surface area contributed by atoms with Crippen LogP contribution in [0, 0.1) is 0 Å². The van der Waals surface area contributed by atoms with Crippen LogP contribution in [-0.4, -0.2) is 26.2 Å². The number of carbonyl (C=O) groups excluding carboxylic acids is 1. The number of aromatic amines is 1. The maximum atomic E-state index is 12.0. The van der Waals surface area contributed by atoms with Crippen molar-refractivity contribution in [1.82, 2.24) is 15.2 Å². The Morgan fingerprint density at radius 3 is 2.81 bits per heavy atom. The number of carbonyl (C=O) groups is 1. The number of nitrogens with zero attached hydrogens (tertiary/aromatic N) is 2. The van der Waals surface area contributed by atoms with Crippen molar-refractivity contribution in [3.63, 3.8) is 0 Å². The highest BCUT2D eigenvalue weighted by Crippen LogP contribution is 2.30. The fraction of sp³-hybridized carbons (Fsp3) is 0.400. The summed E-state index contributed by atoms with van der Waals surface area (Å²) in [5, 5.41) is 8.47. The molecule has 1 saturated carbocycles. The second kappa shape index (κ2) is 6.62. The van der Waals surface area contributed by atoms with Gasteiger partial charge in [-0.1, -0.05) is 36.2 Å². The molecule has 0 aliphatic heterocycles. The van der Waals surface area contributed by atoms with Gasteiger partial charge in [-0.15, -0.1) is 5.10 Å². The predicted molar refractivity (Wildman–Crippen MR) is 84.6 cm³/mol. The third kappa shape index (κ3) is 3.66. The van der Waals surface area contributed by atoms with E-state index in [1.54, 1.807) is 0 Å². The molecule has 2 aromatic rings. The van der Waals surface area contributed by atoms with Crippen molar-refractivity contribution >= 4 is 29.1 Å². The standard InChI is InChI=1S/C15H16ClN3OS/c16-11-8-6-10(7-9-11)14-17-15(19-18-14)21-13-5-3-1-2-4-12(13)20/h6-9,13H,1-5H2,(H,17,18,19)/t13-/m0/s1. The Kier molecular flexibility index (Phi) is 4.60. The highest BCUT2D eigenvalue weighted by Gasteiger charge is 2.23. The summed E-state index contributed by atoms with van der Waals surface area (Å²) in [5.74, 6) is 1.03. The lowest BCUT2D eigenvalue weighted by atomic mass is 10.2. The van der Waals surface area contributed by atoms with E-state index in [0.717, 1.165) is 31.2 Å². The first-order valence-corrected chi connectivity index (χ1v) is 8.36. The lowest BCUT2D eigenvalue weighted by Gasteiger charge is -2.08. The van der Waals surface area contributed by atoms with Gasteiger partial charge in [0.25, 0.3) is 0 Å². The van der Waals surface area contributed by atoms with Crippen LogP contribution >= 0.6 is 23.4 Å². The van der Waals surface area contributed by atoms with Gasteiger partial charge in [0.2, 0.25) is 5.16 Å². The number of ketones is 1. The SMILES string of the molecule is O=C1CCCCC[C@@H]1Sc1n[nH]c(-c2ccc(Cl)cc2)n1. The molecule has 3 rings (SSSR count). The molecule has 1 atom stereocenters.